The molecule has 0 saturated carbocycles. The number of nitro groups is 1. The summed E-state index contributed by atoms with van der Waals surface area (Å²) < 4.78 is 27.2. The lowest BCUT2D eigenvalue weighted by molar-refractivity contribution is -0.385. The Kier molecular flexibility index (Phi) is 5.07. The van der Waals surface area contributed by atoms with Crippen LogP contribution in [-0.2, 0) is 10.0 Å². The Morgan fingerprint density at radius 1 is 1.25 bits per heavy atom. The van der Waals surface area contributed by atoms with E-state index in [0.29, 0.717) is 5.69 Å². The van der Waals surface area contributed by atoms with E-state index in [4.69, 9.17) is 0 Å². The molecule has 0 aliphatic heterocycles. The summed E-state index contributed by atoms with van der Waals surface area (Å²) in [7, 11) is -2.26. The summed E-state index contributed by atoms with van der Waals surface area (Å²) in [6.07, 6.45) is 0. The van der Waals surface area contributed by atoms with Crippen LogP contribution in [0.4, 0.5) is 11.4 Å². The fourth-order valence-corrected chi connectivity index (χ4v) is 3.12. The number of nitro benzene ring substituents is 1. The molecule has 0 saturated heterocycles. The van der Waals surface area contributed by atoms with Crippen LogP contribution in [0.15, 0.2) is 23.1 Å². The van der Waals surface area contributed by atoms with Gasteiger partial charge in [-0.25, -0.2) is 13.1 Å². The van der Waals surface area contributed by atoms with Crippen molar-refractivity contribution in [2.75, 3.05) is 12.4 Å². The van der Waals surface area contributed by atoms with Crippen LogP contribution in [0, 0.1) is 16.0 Å². The minimum absolute atomic E-state index is 0.113. The van der Waals surface area contributed by atoms with E-state index >= 15 is 0 Å². The number of sulfonamides is 1. The number of benzene rings is 1. The molecule has 1 aromatic carbocycles. The molecule has 0 aromatic heterocycles. The molecule has 1 aromatic rings. The predicted octanol–water partition coefficient (Wildman–Crippen LogP) is 1.96. The molecule has 112 valence electrons. The molecule has 7 nitrogen and oxygen atoms in total. The molecule has 0 spiro atoms. The fourth-order valence-electron chi connectivity index (χ4n) is 1.50. The molecular weight excluding hydrogens is 282 g/mol. The van der Waals surface area contributed by atoms with Gasteiger partial charge in [-0.1, -0.05) is 13.8 Å². The zero-order valence-corrected chi connectivity index (χ0v) is 12.7. The van der Waals surface area contributed by atoms with E-state index < -0.39 is 14.9 Å². The molecule has 0 fully saturated rings. The highest BCUT2D eigenvalue weighted by Crippen LogP contribution is 2.26. The van der Waals surface area contributed by atoms with Gasteiger partial charge in [0.05, 0.1) is 10.6 Å². The lowest BCUT2D eigenvalue weighted by Gasteiger charge is -2.18. The second-order valence-corrected chi connectivity index (χ2v) is 6.52. The molecule has 1 unspecified atom stereocenters. The Morgan fingerprint density at radius 2 is 1.85 bits per heavy atom. The summed E-state index contributed by atoms with van der Waals surface area (Å²) in [5, 5.41) is 13.5. The zero-order valence-electron chi connectivity index (χ0n) is 11.9. The Bertz CT molecular complexity index is 599. The summed E-state index contributed by atoms with van der Waals surface area (Å²) in [5.74, 6) is 0.113. The van der Waals surface area contributed by atoms with Crippen LogP contribution >= 0.6 is 0 Å². The van der Waals surface area contributed by atoms with Crippen molar-refractivity contribution in [2.24, 2.45) is 5.92 Å². The topological polar surface area (TPSA) is 101 Å². The van der Waals surface area contributed by atoms with Crippen molar-refractivity contribution in [3.8, 4) is 0 Å². The summed E-state index contributed by atoms with van der Waals surface area (Å²) in [5.41, 5.74) is 0.0561. The SMILES string of the molecule is CNc1ccc([N+](=O)[O-])cc1S(=O)(=O)NC(C)C(C)C. The first-order valence-electron chi connectivity index (χ1n) is 6.17. The monoisotopic (exact) mass is 301 g/mol. The van der Waals surface area contributed by atoms with Crippen LogP contribution in [-0.4, -0.2) is 26.4 Å². The normalized spacial score (nSPS) is 13.2. The Hall–Kier alpha value is -1.67. The predicted molar refractivity (Wildman–Crippen MR) is 77.3 cm³/mol. The molecule has 2 N–H and O–H groups in total. The highest BCUT2D eigenvalue weighted by Gasteiger charge is 2.24. The van der Waals surface area contributed by atoms with Crippen LogP contribution < -0.4 is 10.0 Å². The molecule has 0 heterocycles. The van der Waals surface area contributed by atoms with Crippen molar-refractivity contribution in [3.63, 3.8) is 0 Å². The molecule has 0 aliphatic carbocycles. The van der Waals surface area contributed by atoms with Crippen LogP contribution in [0.1, 0.15) is 20.8 Å². The van der Waals surface area contributed by atoms with Gasteiger partial charge >= 0.3 is 0 Å². The molecular formula is C12H19N3O4S. The molecule has 0 radical (unpaired) electrons. The van der Waals surface area contributed by atoms with Crippen LogP contribution in [0.5, 0.6) is 0 Å². The second kappa shape index (κ2) is 6.19. The summed E-state index contributed by atoms with van der Waals surface area (Å²) >= 11 is 0. The number of hydrogen-bond donors (Lipinski definition) is 2. The van der Waals surface area contributed by atoms with Crippen molar-refractivity contribution in [1.29, 1.82) is 0 Å². The van der Waals surface area contributed by atoms with E-state index in [1.54, 1.807) is 14.0 Å². The summed E-state index contributed by atoms with van der Waals surface area (Å²) in [6, 6.07) is 3.42. The van der Waals surface area contributed by atoms with Gasteiger partial charge in [-0.15, -0.1) is 0 Å². The minimum atomic E-state index is -3.82. The van der Waals surface area contributed by atoms with Gasteiger partial charge in [0.1, 0.15) is 4.90 Å². The number of anilines is 1. The number of nitrogens with one attached hydrogen (secondary N) is 2. The van der Waals surface area contributed by atoms with Crippen molar-refractivity contribution < 1.29 is 13.3 Å². The Morgan fingerprint density at radius 3 is 2.30 bits per heavy atom. The third-order valence-corrected chi connectivity index (χ3v) is 4.67. The Balaban J connectivity index is 3.28. The van der Waals surface area contributed by atoms with Crippen LogP contribution in [0.2, 0.25) is 0 Å². The standard InChI is InChI=1S/C12H19N3O4S/c1-8(2)9(3)14-20(18,19)12-7-10(15(16)17)5-6-11(12)13-4/h5-9,13-14H,1-4H3. The van der Waals surface area contributed by atoms with E-state index in [2.05, 4.69) is 10.0 Å². The summed E-state index contributed by atoms with van der Waals surface area (Å²) in [4.78, 5) is 10.0. The van der Waals surface area contributed by atoms with Gasteiger partial charge in [0.15, 0.2) is 0 Å². The first-order chi connectivity index (χ1) is 9.19. The van der Waals surface area contributed by atoms with E-state index in [-0.39, 0.29) is 22.5 Å². The molecule has 8 heteroatoms. The van der Waals surface area contributed by atoms with Gasteiger partial charge in [-0.05, 0) is 18.9 Å². The molecule has 1 atom stereocenters. The quantitative estimate of drug-likeness (QED) is 0.618. The minimum Gasteiger partial charge on any atom is -0.387 e. The number of hydrogen-bond acceptors (Lipinski definition) is 5. The fraction of sp³-hybridized carbons (Fsp3) is 0.500. The van der Waals surface area contributed by atoms with E-state index in [1.807, 2.05) is 13.8 Å². The number of non-ortho nitro benzene ring substituents is 1. The van der Waals surface area contributed by atoms with Gasteiger partial charge in [0.25, 0.3) is 5.69 Å². The van der Waals surface area contributed by atoms with E-state index in [9.17, 15) is 18.5 Å². The maximum atomic E-state index is 12.3. The van der Waals surface area contributed by atoms with Gasteiger partial charge in [-0.3, -0.25) is 10.1 Å². The van der Waals surface area contributed by atoms with Gasteiger partial charge < -0.3 is 5.32 Å². The van der Waals surface area contributed by atoms with Gasteiger partial charge in [0.2, 0.25) is 10.0 Å². The first kappa shape index (κ1) is 16.4. The lowest BCUT2D eigenvalue weighted by Crippen LogP contribution is -2.36. The lowest BCUT2D eigenvalue weighted by atomic mass is 10.1. The van der Waals surface area contributed by atoms with Crippen molar-refractivity contribution in [3.05, 3.63) is 28.3 Å². The number of nitrogens with zero attached hydrogens (tertiary/aromatic N) is 1. The molecule has 0 aliphatic rings. The summed E-state index contributed by atoms with van der Waals surface area (Å²) in [6.45, 7) is 5.53. The van der Waals surface area contributed by atoms with Crippen molar-refractivity contribution >= 4 is 21.4 Å². The average molecular weight is 301 g/mol. The molecule has 0 amide bonds. The Labute approximate surface area is 118 Å². The smallest absolute Gasteiger partial charge is 0.270 e. The highest BCUT2D eigenvalue weighted by atomic mass is 32.2. The second-order valence-electron chi connectivity index (χ2n) is 4.84. The number of rotatable bonds is 6. The maximum Gasteiger partial charge on any atom is 0.270 e. The van der Waals surface area contributed by atoms with Crippen molar-refractivity contribution in [2.45, 2.75) is 31.7 Å². The highest BCUT2D eigenvalue weighted by molar-refractivity contribution is 7.89. The largest absolute Gasteiger partial charge is 0.387 e. The average Bonchev–Trinajstić information content (AvgIpc) is 2.37. The van der Waals surface area contributed by atoms with Gasteiger partial charge in [0, 0.05) is 25.2 Å². The van der Waals surface area contributed by atoms with Crippen LogP contribution in [0.25, 0.3) is 0 Å². The third-order valence-electron chi connectivity index (χ3n) is 3.08. The molecule has 20 heavy (non-hydrogen) atoms. The maximum absolute atomic E-state index is 12.3. The molecule has 1 rings (SSSR count). The van der Waals surface area contributed by atoms with Gasteiger partial charge in [-0.2, -0.15) is 0 Å². The van der Waals surface area contributed by atoms with Crippen LogP contribution in [0.3, 0.4) is 0 Å². The van der Waals surface area contributed by atoms with E-state index in [0.717, 1.165) is 6.07 Å². The zero-order chi connectivity index (χ0) is 15.5. The first-order valence-corrected chi connectivity index (χ1v) is 7.66. The van der Waals surface area contributed by atoms with Crippen molar-refractivity contribution in [1.82, 2.24) is 4.72 Å². The van der Waals surface area contributed by atoms with E-state index in [1.165, 1.54) is 12.1 Å². The molecule has 0 bridgehead atoms. The third kappa shape index (κ3) is 3.67.